The average molecular weight is 414 g/mol. The van der Waals surface area contributed by atoms with Gasteiger partial charge in [0.25, 0.3) is 0 Å². The van der Waals surface area contributed by atoms with Crippen LogP contribution in [0.1, 0.15) is 33.6 Å². The molecule has 9 heteroatoms. The molecule has 1 N–H and O–H groups in total. The Kier molecular flexibility index (Phi) is 6.82. The largest absolute Gasteiger partial charge is 0.350 e. The third-order valence-electron chi connectivity index (χ3n) is 4.46. The molecule has 2 amide bonds. The number of hydrogen-bond acceptors (Lipinski definition) is 4. The molecule has 0 radical (unpaired) electrons. The second-order valence-electron chi connectivity index (χ2n) is 8.15. The molecule has 1 aliphatic rings. The number of carbonyl (C=O) groups excluding carboxylic acids is 2. The SMILES string of the molecule is CN(CC(=O)NC(C)(C)C)C(=O)[C@@H]1CCCN(S(=O)(=O)c2ccc(F)cc2)C1. The Hall–Kier alpha value is -2.00. The Balaban J connectivity index is 2.04. The summed E-state index contributed by atoms with van der Waals surface area (Å²) in [5, 5.41) is 2.80. The number of amides is 2. The average Bonchev–Trinajstić information content (AvgIpc) is 2.59. The summed E-state index contributed by atoms with van der Waals surface area (Å²) < 4.78 is 39.9. The van der Waals surface area contributed by atoms with Gasteiger partial charge >= 0.3 is 0 Å². The Labute approximate surface area is 165 Å². The number of benzene rings is 1. The van der Waals surface area contributed by atoms with E-state index in [-0.39, 0.29) is 29.8 Å². The quantitative estimate of drug-likeness (QED) is 0.794. The molecule has 1 aromatic rings. The van der Waals surface area contributed by atoms with E-state index in [1.165, 1.54) is 28.4 Å². The monoisotopic (exact) mass is 413 g/mol. The first kappa shape index (κ1) is 22.3. The minimum absolute atomic E-state index is 0.0000847. The van der Waals surface area contributed by atoms with Gasteiger partial charge in [-0.15, -0.1) is 0 Å². The number of hydrogen-bond donors (Lipinski definition) is 1. The molecule has 156 valence electrons. The first-order valence-corrected chi connectivity index (χ1v) is 10.7. The van der Waals surface area contributed by atoms with Gasteiger partial charge in [0.15, 0.2) is 0 Å². The zero-order valence-corrected chi connectivity index (χ0v) is 17.6. The highest BCUT2D eigenvalue weighted by molar-refractivity contribution is 7.89. The van der Waals surface area contributed by atoms with E-state index in [4.69, 9.17) is 0 Å². The molecule has 1 heterocycles. The second kappa shape index (κ2) is 8.57. The van der Waals surface area contributed by atoms with E-state index < -0.39 is 27.3 Å². The number of sulfonamides is 1. The van der Waals surface area contributed by atoms with E-state index >= 15 is 0 Å². The summed E-state index contributed by atoms with van der Waals surface area (Å²) in [5.74, 6) is -1.56. The van der Waals surface area contributed by atoms with Crippen LogP contribution in [-0.2, 0) is 19.6 Å². The van der Waals surface area contributed by atoms with Gasteiger partial charge in [-0.05, 0) is 57.9 Å². The Bertz CT molecular complexity index is 819. The summed E-state index contributed by atoms with van der Waals surface area (Å²) in [4.78, 5) is 26.1. The van der Waals surface area contributed by atoms with Crippen molar-refractivity contribution in [1.29, 1.82) is 0 Å². The maximum absolute atomic E-state index is 13.1. The molecule has 2 rings (SSSR count). The Morgan fingerprint density at radius 3 is 2.43 bits per heavy atom. The molecule has 7 nitrogen and oxygen atoms in total. The Morgan fingerprint density at radius 1 is 1.25 bits per heavy atom. The lowest BCUT2D eigenvalue weighted by atomic mass is 9.98. The fraction of sp³-hybridized carbons (Fsp3) is 0.579. The van der Waals surface area contributed by atoms with E-state index in [9.17, 15) is 22.4 Å². The van der Waals surface area contributed by atoms with E-state index in [0.717, 1.165) is 12.1 Å². The van der Waals surface area contributed by atoms with Crippen molar-refractivity contribution in [3.8, 4) is 0 Å². The van der Waals surface area contributed by atoms with Gasteiger partial charge in [-0.3, -0.25) is 9.59 Å². The highest BCUT2D eigenvalue weighted by atomic mass is 32.2. The van der Waals surface area contributed by atoms with Gasteiger partial charge in [0.1, 0.15) is 5.82 Å². The number of carbonyl (C=O) groups is 2. The van der Waals surface area contributed by atoms with Crippen molar-refractivity contribution in [2.75, 3.05) is 26.7 Å². The number of halogens is 1. The lowest BCUT2D eigenvalue weighted by Gasteiger charge is -2.33. The number of nitrogens with one attached hydrogen (secondary N) is 1. The van der Waals surface area contributed by atoms with Crippen LogP contribution < -0.4 is 5.32 Å². The van der Waals surface area contributed by atoms with Gasteiger partial charge in [0.05, 0.1) is 17.4 Å². The van der Waals surface area contributed by atoms with Gasteiger partial charge in [-0.25, -0.2) is 12.8 Å². The molecular formula is C19H28FN3O4S. The zero-order chi connectivity index (χ0) is 21.1. The molecule has 1 aliphatic heterocycles. The highest BCUT2D eigenvalue weighted by Crippen LogP contribution is 2.25. The first-order chi connectivity index (χ1) is 12.9. The molecule has 0 saturated carbocycles. The molecule has 0 unspecified atom stereocenters. The predicted octanol–water partition coefficient (Wildman–Crippen LogP) is 1.60. The molecule has 0 aliphatic carbocycles. The predicted molar refractivity (Wildman–Crippen MR) is 103 cm³/mol. The van der Waals surface area contributed by atoms with Crippen molar-refractivity contribution < 1.29 is 22.4 Å². The number of nitrogens with zero attached hydrogens (tertiary/aromatic N) is 2. The third-order valence-corrected chi connectivity index (χ3v) is 6.34. The first-order valence-electron chi connectivity index (χ1n) is 9.22. The minimum Gasteiger partial charge on any atom is -0.350 e. The summed E-state index contributed by atoms with van der Waals surface area (Å²) in [6.45, 7) is 5.82. The molecule has 0 aromatic heterocycles. The van der Waals surface area contributed by atoms with E-state index in [1.807, 2.05) is 20.8 Å². The molecule has 0 bridgehead atoms. The number of rotatable bonds is 5. The van der Waals surface area contributed by atoms with Crippen LogP contribution in [0.4, 0.5) is 4.39 Å². The zero-order valence-electron chi connectivity index (χ0n) is 16.7. The van der Waals surface area contributed by atoms with Crippen LogP contribution in [-0.4, -0.2) is 61.7 Å². The highest BCUT2D eigenvalue weighted by Gasteiger charge is 2.34. The van der Waals surface area contributed by atoms with Crippen molar-refractivity contribution in [3.05, 3.63) is 30.1 Å². The van der Waals surface area contributed by atoms with Crippen LogP contribution in [0.15, 0.2) is 29.2 Å². The smallest absolute Gasteiger partial charge is 0.243 e. The molecule has 1 aromatic carbocycles. The number of piperidine rings is 1. The molecule has 1 fully saturated rings. The standard InChI is InChI=1S/C19H28FN3O4S/c1-19(2,3)21-17(24)13-22(4)18(25)14-6-5-11-23(12-14)28(26,27)16-9-7-15(20)8-10-16/h7-10,14H,5-6,11-13H2,1-4H3,(H,21,24)/t14-/m1/s1. The molecule has 1 saturated heterocycles. The van der Waals surface area contributed by atoms with Crippen molar-refractivity contribution in [1.82, 2.24) is 14.5 Å². The van der Waals surface area contributed by atoms with Crippen LogP contribution in [0.5, 0.6) is 0 Å². The summed E-state index contributed by atoms with van der Waals surface area (Å²) >= 11 is 0. The lowest BCUT2D eigenvalue weighted by Crippen LogP contribution is -2.49. The van der Waals surface area contributed by atoms with Gasteiger partial charge in [-0.1, -0.05) is 0 Å². The third kappa shape index (κ3) is 5.75. The van der Waals surface area contributed by atoms with Crippen molar-refractivity contribution in [2.24, 2.45) is 5.92 Å². The van der Waals surface area contributed by atoms with Crippen LogP contribution in [0.3, 0.4) is 0 Å². The summed E-state index contributed by atoms with van der Waals surface area (Å²) in [5.41, 5.74) is -0.397. The normalized spacial score (nSPS) is 18.5. The molecular weight excluding hydrogens is 385 g/mol. The molecule has 0 spiro atoms. The fourth-order valence-corrected chi connectivity index (χ4v) is 4.70. The van der Waals surface area contributed by atoms with Crippen molar-refractivity contribution >= 4 is 21.8 Å². The van der Waals surface area contributed by atoms with Gasteiger partial charge in [0.2, 0.25) is 21.8 Å². The van der Waals surface area contributed by atoms with Crippen LogP contribution in [0.2, 0.25) is 0 Å². The maximum Gasteiger partial charge on any atom is 0.243 e. The summed E-state index contributed by atoms with van der Waals surface area (Å²) in [6, 6.07) is 4.64. The lowest BCUT2D eigenvalue weighted by molar-refractivity contribution is -0.139. The van der Waals surface area contributed by atoms with Crippen molar-refractivity contribution in [3.63, 3.8) is 0 Å². The minimum atomic E-state index is -3.80. The maximum atomic E-state index is 13.1. The fourth-order valence-electron chi connectivity index (χ4n) is 3.18. The van der Waals surface area contributed by atoms with Crippen molar-refractivity contribution in [2.45, 2.75) is 44.0 Å². The van der Waals surface area contributed by atoms with Crippen LogP contribution in [0.25, 0.3) is 0 Å². The van der Waals surface area contributed by atoms with E-state index in [1.54, 1.807) is 0 Å². The Morgan fingerprint density at radius 2 is 1.86 bits per heavy atom. The second-order valence-corrected chi connectivity index (χ2v) is 10.1. The van der Waals surface area contributed by atoms with Crippen LogP contribution in [0, 0.1) is 11.7 Å². The summed E-state index contributed by atoms with van der Waals surface area (Å²) in [6.07, 6.45) is 1.10. The van der Waals surface area contributed by atoms with Crippen LogP contribution >= 0.6 is 0 Å². The van der Waals surface area contributed by atoms with Gasteiger partial charge < -0.3 is 10.2 Å². The van der Waals surface area contributed by atoms with Gasteiger partial charge in [0, 0.05) is 25.7 Å². The summed E-state index contributed by atoms with van der Waals surface area (Å²) in [7, 11) is -2.26. The number of likely N-dealkylation sites (N-methyl/N-ethyl adjacent to an activating group) is 1. The van der Waals surface area contributed by atoms with E-state index in [0.29, 0.717) is 19.4 Å². The molecule has 1 atom stereocenters. The van der Waals surface area contributed by atoms with Gasteiger partial charge in [-0.2, -0.15) is 4.31 Å². The van der Waals surface area contributed by atoms with E-state index in [2.05, 4.69) is 5.32 Å². The topological polar surface area (TPSA) is 86.8 Å². The molecule has 28 heavy (non-hydrogen) atoms.